The van der Waals surface area contributed by atoms with Gasteiger partial charge in [-0.2, -0.15) is 0 Å². The quantitative estimate of drug-likeness (QED) is 0.141. The second kappa shape index (κ2) is 22.8. The third-order valence-corrected chi connectivity index (χ3v) is 6.81. The molecular formula is C33H39Cl2CrN4O12. The number of hydrogen-bond donors (Lipinski definition) is 1. The van der Waals surface area contributed by atoms with Crippen LogP contribution in [0.3, 0.4) is 0 Å². The van der Waals surface area contributed by atoms with Gasteiger partial charge in [-0.3, -0.25) is 9.59 Å². The van der Waals surface area contributed by atoms with Gasteiger partial charge in [-0.05, 0) is 68.3 Å². The first-order valence-electron chi connectivity index (χ1n) is 14.8. The van der Waals surface area contributed by atoms with Crippen molar-refractivity contribution in [1.82, 2.24) is 0 Å². The predicted molar refractivity (Wildman–Crippen MR) is 172 cm³/mol. The molecule has 0 amide bonds. The largest absolute Gasteiger partial charge is 5.00 e. The van der Waals surface area contributed by atoms with Crippen LogP contribution in [0.4, 0.5) is 11.4 Å². The number of hydrogen-bond acceptors (Lipinski definition) is 15. The molecule has 283 valence electrons. The Balaban J connectivity index is 0.00000107. The van der Waals surface area contributed by atoms with Gasteiger partial charge in [-0.1, -0.05) is 19.9 Å². The zero-order valence-corrected chi connectivity index (χ0v) is 32.2. The Morgan fingerprint density at radius 1 is 0.962 bits per heavy atom. The van der Waals surface area contributed by atoms with Crippen LogP contribution in [0.15, 0.2) is 64.5 Å². The molecule has 2 aliphatic rings. The minimum Gasteiger partial charge on any atom is -0.876 e. The van der Waals surface area contributed by atoms with E-state index in [1.807, 2.05) is 18.2 Å². The van der Waals surface area contributed by atoms with E-state index in [1.165, 1.54) is 41.9 Å². The first-order valence-corrected chi connectivity index (χ1v) is 16.6. The summed E-state index contributed by atoms with van der Waals surface area (Å²) in [5, 5.41) is 38.0. The summed E-state index contributed by atoms with van der Waals surface area (Å²) in [5.74, 6) is 0.839. The van der Waals surface area contributed by atoms with Crippen LogP contribution in [0, 0.1) is 10.2 Å². The number of nitrogens with zero attached hydrogens (tertiary/aromatic N) is 2. The number of anilines is 2. The monoisotopic (exact) mass is 805 g/mol. The maximum atomic E-state index is 13.5. The Morgan fingerprint density at radius 2 is 1.50 bits per heavy atom. The second-order valence-electron chi connectivity index (χ2n) is 10.6. The van der Waals surface area contributed by atoms with Crippen LogP contribution in [0.5, 0.6) is 17.2 Å². The summed E-state index contributed by atoms with van der Waals surface area (Å²) in [4.78, 5) is 26.3. The van der Waals surface area contributed by atoms with Crippen molar-refractivity contribution in [2.45, 2.75) is 33.6 Å². The fourth-order valence-corrected chi connectivity index (χ4v) is 4.95. The average molecular weight is 807 g/mol. The van der Waals surface area contributed by atoms with Gasteiger partial charge < -0.3 is 45.5 Å². The van der Waals surface area contributed by atoms with Gasteiger partial charge in [0, 0.05) is 34.9 Å². The van der Waals surface area contributed by atoms with Gasteiger partial charge in [-0.15, -0.1) is 39.9 Å². The van der Waals surface area contributed by atoms with Crippen molar-refractivity contribution in [3.05, 3.63) is 81.4 Å². The van der Waals surface area contributed by atoms with E-state index in [0.29, 0.717) is 47.3 Å². The number of carbonyl (C=O) groups excluding carboxylic acids is 2. The minimum atomic E-state index is -4.94. The molecule has 2 N–H and O–H groups in total. The molecule has 0 saturated carbocycles. The van der Waals surface area contributed by atoms with Crippen LogP contribution in [0.2, 0.25) is 0 Å². The number of halogens is 2. The summed E-state index contributed by atoms with van der Waals surface area (Å²) in [6, 6.07) is 7.67. The summed E-state index contributed by atoms with van der Waals surface area (Å²) in [5.41, 5.74) is 10.4. The molecule has 0 fully saturated rings. The van der Waals surface area contributed by atoms with E-state index in [1.54, 1.807) is 24.2 Å². The van der Waals surface area contributed by atoms with Gasteiger partial charge >= 0.3 is 17.4 Å². The van der Waals surface area contributed by atoms with Crippen molar-refractivity contribution >= 4 is 40.6 Å². The smallest absolute Gasteiger partial charge is 0.876 e. The van der Waals surface area contributed by atoms with Gasteiger partial charge in [0.1, 0.15) is 5.36 Å². The predicted octanol–water partition coefficient (Wildman–Crippen LogP) is -3.12. The molecule has 2 heterocycles. The zero-order valence-electron chi connectivity index (χ0n) is 29.4. The summed E-state index contributed by atoms with van der Waals surface area (Å²) >= 11 is 6.21. The molecule has 2 aromatic rings. The molecule has 16 nitrogen and oxygen atoms in total. The maximum Gasteiger partial charge on any atom is 5.00 e. The molecule has 52 heavy (non-hydrogen) atoms. The fourth-order valence-electron chi connectivity index (χ4n) is 4.69. The number of rotatable bonds is 10. The van der Waals surface area contributed by atoms with Gasteiger partial charge in [0.15, 0.2) is 23.1 Å². The number of nitrogens with one attached hydrogen (secondary N) is 2. The first-order chi connectivity index (χ1) is 23.8. The summed E-state index contributed by atoms with van der Waals surface area (Å²) in [6.07, 6.45) is 3.85. The van der Waals surface area contributed by atoms with Crippen LogP contribution in [-0.2, 0) is 27.0 Å². The molecule has 1 radical (unpaired) electrons. The molecule has 0 bridgehead atoms. The Hall–Kier alpha value is -4.02. The van der Waals surface area contributed by atoms with Crippen molar-refractivity contribution in [3.8, 4) is 17.2 Å². The molecule has 4 rings (SSSR count). The van der Waals surface area contributed by atoms with Crippen molar-refractivity contribution in [2.24, 2.45) is 4.99 Å². The Labute approximate surface area is 319 Å². The van der Waals surface area contributed by atoms with E-state index >= 15 is 0 Å². The number of fused-ring (bicyclic) bond motifs is 2. The standard InChI is InChI=1S/C23H26ClN4O4.2C5H8O2.ClHO4.Cr/c1-30-19-9-13-8-17(27-20(13)22(32-3)21(19)31-2)23(29)28-12-14(11-24)16-5-4-15(10-18(16)28)26-7-6-25;2*1-4(6)3-5(2)7;2-1(3,4)5;/h4-5,8-10,14,25-26,29H,6-7,11-12H2,1-3H3;2*3,6H,1-2H3;(H,2,3,4,5);/q-1;;;;+5/p-4/b23-17+;2*4-3-;;. The van der Waals surface area contributed by atoms with Gasteiger partial charge in [0.25, 0.3) is 0 Å². The van der Waals surface area contributed by atoms with E-state index in [4.69, 9.17) is 50.2 Å². The minimum absolute atomic E-state index is 0. The van der Waals surface area contributed by atoms with Crippen LogP contribution in [-0.4, -0.2) is 58.4 Å². The number of allylic oxidation sites excluding steroid dienone is 5. The van der Waals surface area contributed by atoms with Gasteiger partial charge in [0.05, 0.1) is 27.0 Å². The van der Waals surface area contributed by atoms with Crippen LogP contribution >= 0.6 is 11.6 Å². The average Bonchev–Trinajstić information content (AvgIpc) is 3.62. The molecule has 1 atom stereocenters. The summed E-state index contributed by atoms with van der Waals surface area (Å²) in [7, 11) is -0.341. The Bertz CT molecular complexity index is 1710. The molecule has 19 heteroatoms. The molecule has 1 unspecified atom stereocenters. The number of benzene rings is 2. The van der Waals surface area contributed by atoms with Gasteiger partial charge in [0.2, 0.25) is 5.75 Å². The van der Waals surface area contributed by atoms with Crippen LogP contribution in [0.1, 0.15) is 39.2 Å². The topological polar surface area (TPSA) is 275 Å². The first kappa shape index (κ1) is 48.0. The molecule has 2 aliphatic heterocycles. The van der Waals surface area contributed by atoms with Crippen molar-refractivity contribution in [2.75, 3.05) is 57.1 Å². The van der Waals surface area contributed by atoms with Crippen molar-refractivity contribution in [3.63, 3.8) is 0 Å². The second-order valence-corrected chi connectivity index (χ2v) is 11.6. The van der Waals surface area contributed by atoms with E-state index < -0.39 is 10.2 Å². The number of methoxy groups -OCH3 is 3. The number of carbonyl (C=O) groups is 2. The van der Waals surface area contributed by atoms with E-state index in [0.717, 1.165) is 34.3 Å². The van der Waals surface area contributed by atoms with Crippen LogP contribution < -0.4 is 69.0 Å². The molecule has 2 aromatic carbocycles. The van der Waals surface area contributed by atoms with Crippen molar-refractivity contribution in [1.29, 1.82) is 0 Å². The third kappa shape index (κ3) is 15.7. The number of alkyl halides is 1. The summed E-state index contributed by atoms with van der Waals surface area (Å²) < 4.78 is 50.3. The summed E-state index contributed by atoms with van der Waals surface area (Å²) in [6.45, 7) is 6.67. The molecule has 0 aliphatic carbocycles. The molecule has 0 saturated heterocycles. The van der Waals surface area contributed by atoms with Gasteiger partial charge in [-0.25, -0.2) is 23.6 Å². The number of ketones is 2. The fraction of sp³-hybridized carbons (Fsp3) is 0.364. The van der Waals surface area contributed by atoms with E-state index in [-0.39, 0.29) is 58.8 Å². The Morgan fingerprint density at radius 3 is 1.90 bits per heavy atom. The maximum absolute atomic E-state index is 13.5. The van der Waals surface area contributed by atoms with E-state index in [9.17, 15) is 24.9 Å². The SMILES string of the molecule is CC(=O)/C=C(/C)[O-].CC(=O)/C=C(/C)[O-].COc1cc2c(c(OC)c1OC)=N/C(=C(/[O-])N1CC(CCl)c3ccc(NCC[NH-])cc31)C=2.[Cr+5].[O-][Cl+3]([O-])([O-])[O-]. The normalized spacial score (nSPS) is 15.2. The molecule has 0 aromatic heterocycles. The Kier molecular flexibility index (Phi) is 21.1. The third-order valence-electron chi connectivity index (χ3n) is 6.44. The number of ether oxygens (including phenoxy) is 3. The van der Waals surface area contributed by atoms with E-state index in [2.05, 4.69) is 10.3 Å². The molecular weight excluding hydrogens is 767 g/mol. The van der Waals surface area contributed by atoms with Crippen molar-refractivity contribution < 1.29 is 85.4 Å². The zero-order chi connectivity index (χ0) is 39.1. The molecule has 0 spiro atoms. The van der Waals surface area contributed by atoms with Crippen LogP contribution in [0.25, 0.3) is 11.8 Å².